The molecule has 0 spiro atoms. The molecule has 2 heteroatoms. The van der Waals surface area contributed by atoms with E-state index in [1.165, 1.54) is 163 Å². The van der Waals surface area contributed by atoms with Gasteiger partial charge in [0.05, 0.1) is 16.1 Å². The average Bonchev–Trinajstić information content (AvgIpc) is 1.19. The Hall–Kier alpha value is -9.97. The van der Waals surface area contributed by atoms with E-state index in [0.29, 0.717) is 0 Å². The van der Waals surface area contributed by atoms with Crippen LogP contribution in [0, 0.1) is 0 Å². The van der Waals surface area contributed by atoms with Crippen molar-refractivity contribution in [3.8, 4) is 66.8 Å². The predicted molar refractivity (Wildman–Crippen MR) is 392 cm³/mol. The summed E-state index contributed by atoms with van der Waals surface area (Å²) < 4.78 is 0. The van der Waals surface area contributed by atoms with Crippen LogP contribution < -0.4 is 10.4 Å². The van der Waals surface area contributed by atoms with Crippen molar-refractivity contribution in [3.05, 3.63) is 303 Å². The Bertz CT molecular complexity index is 5270. The topological polar surface area (TPSA) is 0 Å². The highest BCUT2D eigenvalue weighted by molar-refractivity contribution is 6.89. The molecule has 0 fully saturated rings. The van der Waals surface area contributed by atoms with Crippen LogP contribution in [0.4, 0.5) is 0 Å². The summed E-state index contributed by atoms with van der Waals surface area (Å²) in [5.74, 6) is 0. The van der Waals surface area contributed by atoms with Gasteiger partial charge in [-0.25, -0.2) is 0 Å². The predicted octanol–water partition coefficient (Wildman–Crippen LogP) is 23.7. The lowest BCUT2D eigenvalue weighted by atomic mass is 9.85. The number of fused-ring (bicyclic) bond motifs is 8. The lowest BCUT2D eigenvalue weighted by molar-refractivity contribution is 1.63. The van der Waals surface area contributed by atoms with Gasteiger partial charge in [-0.3, -0.25) is 0 Å². The monoisotopic (exact) mass is 1160 g/mol. The first-order chi connectivity index (χ1) is 42.9. The molecule has 0 N–H and O–H groups in total. The Balaban J connectivity index is 0.000000148. The molecule has 0 nitrogen and oxygen atoms in total. The summed E-state index contributed by atoms with van der Waals surface area (Å²) in [6.45, 7) is 14.5. The van der Waals surface area contributed by atoms with Gasteiger partial charge >= 0.3 is 0 Å². The lowest BCUT2D eigenvalue weighted by Gasteiger charge is -2.19. The minimum absolute atomic E-state index is 1.23. The van der Waals surface area contributed by atoms with Gasteiger partial charge in [0.25, 0.3) is 0 Å². The van der Waals surface area contributed by atoms with Crippen molar-refractivity contribution >= 4 is 113 Å². The summed E-state index contributed by atoms with van der Waals surface area (Å²) in [7, 11) is -2.71. The van der Waals surface area contributed by atoms with Gasteiger partial charge in [0.1, 0.15) is 0 Å². The third-order valence-electron chi connectivity index (χ3n) is 18.4. The minimum Gasteiger partial charge on any atom is -0.0656 e. The third kappa shape index (κ3) is 10.1. The zero-order valence-corrected chi connectivity index (χ0v) is 52.9. The molecule has 0 aromatic heterocycles. The summed E-state index contributed by atoms with van der Waals surface area (Å²) in [5.41, 5.74) is 15.2. The van der Waals surface area contributed by atoms with Crippen molar-refractivity contribution < 1.29 is 0 Å². The molecule has 420 valence electrons. The first-order valence-electron chi connectivity index (χ1n) is 31.0. The maximum Gasteiger partial charge on any atom is 0.0776 e. The van der Waals surface area contributed by atoms with Gasteiger partial charge in [-0.05, 0) is 177 Å². The Morgan fingerprint density at radius 2 is 0.364 bits per heavy atom. The number of hydrogen-bond acceptors (Lipinski definition) is 0. The van der Waals surface area contributed by atoms with Crippen LogP contribution in [-0.2, 0) is 0 Å². The third-order valence-corrected chi connectivity index (χ3v) is 22.5. The molecule has 0 unspecified atom stereocenters. The van der Waals surface area contributed by atoms with Crippen LogP contribution in [-0.4, -0.2) is 16.1 Å². The van der Waals surface area contributed by atoms with Crippen molar-refractivity contribution in [1.29, 1.82) is 0 Å². The fourth-order valence-electron chi connectivity index (χ4n) is 13.6. The molecule has 0 heterocycles. The van der Waals surface area contributed by atoms with Crippen LogP contribution >= 0.6 is 0 Å². The van der Waals surface area contributed by atoms with Crippen molar-refractivity contribution in [2.75, 3.05) is 0 Å². The minimum atomic E-state index is -1.37. The van der Waals surface area contributed by atoms with Crippen LogP contribution in [0.25, 0.3) is 153 Å². The normalized spacial score (nSPS) is 12.0. The second-order valence-electron chi connectivity index (χ2n) is 26.0. The summed E-state index contributed by atoms with van der Waals surface area (Å²) in [5, 5.41) is 23.6. The highest BCUT2D eigenvalue weighted by atomic mass is 28.3. The van der Waals surface area contributed by atoms with Crippen LogP contribution in [0.5, 0.6) is 0 Å². The van der Waals surface area contributed by atoms with Crippen molar-refractivity contribution in [1.82, 2.24) is 0 Å². The summed E-state index contributed by atoms with van der Waals surface area (Å²) in [6, 6.07) is 113. The van der Waals surface area contributed by atoms with E-state index < -0.39 is 16.1 Å². The van der Waals surface area contributed by atoms with E-state index in [0.717, 1.165) is 0 Å². The second kappa shape index (κ2) is 22.1. The van der Waals surface area contributed by atoms with E-state index in [2.05, 4.69) is 343 Å². The molecular formula is C86H68Si2. The van der Waals surface area contributed by atoms with Crippen molar-refractivity contribution in [2.45, 2.75) is 39.3 Å². The van der Waals surface area contributed by atoms with E-state index in [1.807, 2.05) is 0 Å². The molecule has 88 heavy (non-hydrogen) atoms. The fraction of sp³-hybridized carbons (Fsp3) is 0.0698. The Morgan fingerprint density at radius 1 is 0.159 bits per heavy atom. The number of hydrogen-bond donors (Lipinski definition) is 0. The average molecular weight is 1160 g/mol. The van der Waals surface area contributed by atoms with E-state index in [1.54, 1.807) is 0 Å². The largest absolute Gasteiger partial charge is 0.0776 e. The molecule has 0 aliphatic heterocycles. The van der Waals surface area contributed by atoms with Gasteiger partial charge in [-0.15, -0.1) is 0 Å². The Morgan fingerprint density at radius 3 is 0.682 bits per heavy atom. The van der Waals surface area contributed by atoms with Crippen LogP contribution in [0.1, 0.15) is 0 Å². The Kier molecular flexibility index (Phi) is 13.7. The zero-order chi connectivity index (χ0) is 59.7. The smallest absolute Gasteiger partial charge is 0.0656 e. The molecule has 0 atom stereocenters. The van der Waals surface area contributed by atoms with Gasteiger partial charge in [0, 0.05) is 0 Å². The Labute approximate surface area is 518 Å². The first kappa shape index (κ1) is 54.7. The fourth-order valence-corrected chi connectivity index (χ4v) is 16.0. The van der Waals surface area contributed by atoms with Crippen molar-refractivity contribution in [2.24, 2.45) is 0 Å². The molecule has 0 aliphatic rings. The quantitative estimate of drug-likeness (QED) is 0.105. The maximum absolute atomic E-state index is 2.42. The van der Waals surface area contributed by atoms with Gasteiger partial charge in [0.2, 0.25) is 0 Å². The van der Waals surface area contributed by atoms with Gasteiger partial charge < -0.3 is 0 Å². The van der Waals surface area contributed by atoms with Gasteiger partial charge in [-0.1, -0.05) is 329 Å². The molecule has 0 aliphatic carbocycles. The molecule has 0 saturated carbocycles. The zero-order valence-electron chi connectivity index (χ0n) is 50.9. The van der Waals surface area contributed by atoms with Gasteiger partial charge in [-0.2, -0.15) is 0 Å². The van der Waals surface area contributed by atoms with E-state index in [9.17, 15) is 0 Å². The number of benzene rings is 16. The number of rotatable bonds is 8. The van der Waals surface area contributed by atoms with E-state index in [-0.39, 0.29) is 0 Å². The highest BCUT2D eigenvalue weighted by Crippen LogP contribution is 2.47. The van der Waals surface area contributed by atoms with E-state index >= 15 is 0 Å². The maximum atomic E-state index is 2.42. The molecule has 0 radical (unpaired) electrons. The molecule has 0 amide bonds. The molecule has 0 bridgehead atoms. The first-order valence-corrected chi connectivity index (χ1v) is 38.0. The molecule has 16 aromatic rings. The molecule has 0 saturated heterocycles. The second-order valence-corrected chi connectivity index (χ2v) is 36.2. The highest BCUT2D eigenvalue weighted by Gasteiger charge is 2.21. The van der Waals surface area contributed by atoms with Crippen LogP contribution in [0.3, 0.4) is 0 Å². The van der Waals surface area contributed by atoms with Crippen LogP contribution in [0.2, 0.25) is 39.3 Å². The van der Waals surface area contributed by atoms with Crippen LogP contribution in [0.15, 0.2) is 303 Å². The lowest BCUT2D eigenvalue weighted by Crippen LogP contribution is -2.37. The molecular weight excluding hydrogens is 1090 g/mol. The summed E-state index contributed by atoms with van der Waals surface area (Å²) >= 11 is 0. The SMILES string of the molecule is C[Si](C)(C)c1ccc2cc(-c3c4ccccc4c(-c4ccc(-c5ccc6ccccc6c5)cc4)c4ccccc34)ccc2c1.C[Si](C)(C)c1ccc2cc(-c3ccc(-c4c5ccccc5c(-c5ccc6ccccc6c5)c5ccccc45)cc3)ccc2c1. The van der Waals surface area contributed by atoms with Gasteiger partial charge in [0.15, 0.2) is 0 Å². The molecule has 16 rings (SSSR count). The standard InChI is InChI=1S/2C43H34Si/c1-44(2,3)37-25-24-34-26-33(21-22-35(34)28-37)30-16-19-31(20-17-30)42-38-12-6-8-14-40(38)43(41-15-9-7-13-39(41)42)36-23-18-29-10-4-5-11-32(29)27-36;1-44(2,3)37-25-24-34-27-36(23-22-35(34)28-37)43-40-14-8-6-12-38(40)42(39-13-7-9-15-41(39)43)31-19-16-30(17-20-31)33-21-18-29-10-4-5-11-32(29)26-33/h2*4-28H,1-3H3. The summed E-state index contributed by atoms with van der Waals surface area (Å²) in [4.78, 5) is 0. The van der Waals surface area contributed by atoms with Crippen molar-refractivity contribution in [3.63, 3.8) is 0 Å². The van der Waals surface area contributed by atoms with E-state index in [4.69, 9.17) is 0 Å². The molecule has 16 aromatic carbocycles. The summed E-state index contributed by atoms with van der Waals surface area (Å²) in [6.07, 6.45) is 0.